The Hall–Kier alpha value is -1.61. The SMILES string of the molecule is COC(=O)CCc1ccc2cccc(Cl)c2n1. The molecule has 0 radical (unpaired) electrons. The molecular formula is C13H12ClNO2. The second-order valence-electron chi connectivity index (χ2n) is 3.69. The molecule has 0 aliphatic rings. The van der Waals surface area contributed by atoms with Crippen molar-refractivity contribution in [3.63, 3.8) is 0 Å². The van der Waals surface area contributed by atoms with Gasteiger partial charge in [-0.15, -0.1) is 0 Å². The van der Waals surface area contributed by atoms with Crippen molar-refractivity contribution in [3.05, 3.63) is 41.0 Å². The number of fused-ring (bicyclic) bond motifs is 1. The minimum absolute atomic E-state index is 0.231. The Balaban J connectivity index is 2.25. The average molecular weight is 250 g/mol. The number of benzene rings is 1. The number of hydrogen-bond donors (Lipinski definition) is 0. The molecule has 1 aromatic carbocycles. The molecule has 0 amide bonds. The number of carbonyl (C=O) groups is 1. The largest absolute Gasteiger partial charge is 0.469 e. The van der Waals surface area contributed by atoms with E-state index in [9.17, 15) is 4.79 Å². The number of pyridine rings is 1. The van der Waals surface area contributed by atoms with Crippen LogP contribution in [0.15, 0.2) is 30.3 Å². The minimum Gasteiger partial charge on any atom is -0.469 e. The van der Waals surface area contributed by atoms with Crippen LogP contribution in [0.4, 0.5) is 0 Å². The van der Waals surface area contributed by atoms with E-state index in [4.69, 9.17) is 11.6 Å². The van der Waals surface area contributed by atoms with Gasteiger partial charge in [0.05, 0.1) is 24.1 Å². The molecule has 88 valence electrons. The van der Waals surface area contributed by atoms with Crippen LogP contribution in [-0.4, -0.2) is 18.1 Å². The third-order valence-corrected chi connectivity index (χ3v) is 2.85. The van der Waals surface area contributed by atoms with Crippen LogP contribution in [0.2, 0.25) is 5.02 Å². The highest BCUT2D eigenvalue weighted by Crippen LogP contribution is 2.21. The molecule has 4 heteroatoms. The van der Waals surface area contributed by atoms with Gasteiger partial charge in [0.2, 0.25) is 0 Å². The molecule has 17 heavy (non-hydrogen) atoms. The first-order valence-electron chi connectivity index (χ1n) is 5.31. The first-order chi connectivity index (χ1) is 8.20. The van der Waals surface area contributed by atoms with E-state index in [1.165, 1.54) is 7.11 Å². The van der Waals surface area contributed by atoms with Crippen molar-refractivity contribution < 1.29 is 9.53 Å². The van der Waals surface area contributed by atoms with Gasteiger partial charge in [0.1, 0.15) is 0 Å². The maximum atomic E-state index is 11.0. The van der Waals surface area contributed by atoms with E-state index in [0.29, 0.717) is 17.9 Å². The first kappa shape index (κ1) is 11.9. The van der Waals surface area contributed by atoms with Crippen molar-refractivity contribution >= 4 is 28.5 Å². The maximum absolute atomic E-state index is 11.0. The highest BCUT2D eigenvalue weighted by atomic mass is 35.5. The molecule has 0 spiro atoms. The molecule has 0 atom stereocenters. The monoisotopic (exact) mass is 249 g/mol. The van der Waals surface area contributed by atoms with Crippen LogP contribution in [-0.2, 0) is 16.0 Å². The molecule has 3 nitrogen and oxygen atoms in total. The summed E-state index contributed by atoms with van der Waals surface area (Å²) in [7, 11) is 1.38. The number of halogens is 1. The van der Waals surface area contributed by atoms with Gasteiger partial charge in [-0.05, 0) is 12.1 Å². The molecule has 1 aromatic heterocycles. The van der Waals surface area contributed by atoms with Gasteiger partial charge in [-0.2, -0.15) is 0 Å². The lowest BCUT2D eigenvalue weighted by atomic mass is 10.1. The van der Waals surface area contributed by atoms with E-state index in [1.54, 1.807) is 6.07 Å². The van der Waals surface area contributed by atoms with Crippen LogP contribution in [0.3, 0.4) is 0 Å². The van der Waals surface area contributed by atoms with Crippen molar-refractivity contribution in [1.82, 2.24) is 4.98 Å². The van der Waals surface area contributed by atoms with Gasteiger partial charge in [0.25, 0.3) is 0 Å². The molecule has 0 unspecified atom stereocenters. The fourth-order valence-electron chi connectivity index (χ4n) is 1.62. The van der Waals surface area contributed by atoms with Crippen molar-refractivity contribution in [3.8, 4) is 0 Å². The second-order valence-corrected chi connectivity index (χ2v) is 4.10. The summed E-state index contributed by atoms with van der Waals surface area (Å²) in [6.45, 7) is 0. The lowest BCUT2D eigenvalue weighted by Gasteiger charge is -2.03. The van der Waals surface area contributed by atoms with Crippen molar-refractivity contribution in [2.45, 2.75) is 12.8 Å². The summed E-state index contributed by atoms with van der Waals surface area (Å²) in [4.78, 5) is 15.5. The highest BCUT2D eigenvalue weighted by molar-refractivity contribution is 6.35. The number of rotatable bonds is 3. The van der Waals surface area contributed by atoms with E-state index in [1.807, 2.05) is 24.3 Å². The second kappa shape index (κ2) is 5.15. The molecule has 1 heterocycles. The zero-order chi connectivity index (χ0) is 12.3. The molecule has 0 saturated heterocycles. The molecule has 0 aliphatic carbocycles. The number of methoxy groups -OCH3 is 1. The smallest absolute Gasteiger partial charge is 0.305 e. The summed E-state index contributed by atoms with van der Waals surface area (Å²) in [5.41, 5.74) is 1.62. The Labute approximate surface area is 104 Å². The van der Waals surface area contributed by atoms with Crippen molar-refractivity contribution in [2.24, 2.45) is 0 Å². The van der Waals surface area contributed by atoms with Crippen LogP contribution in [0.25, 0.3) is 10.9 Å². The molecular weight excluding hydrogens is 238 g/mol. The third-order valence-electron chi connectivity index (χ3n) is 2.54. The molecule has 0 fully saturated rings. The minimum atomic E-state index is -0.231. The van der Waals surface area contributed by atoms with E-state index in [-0.39, 0.29) is 5.97 Å². The lowest BCUT2D eigenvalue weighted by molar-refractivity contribution is -0.140. The van der Waals surface area contributed by atoms with Crippen LogP contribution in [0.1, 0.15) is 12.1 Å². The van der Waals surface area contributed by atoms with Gasteiger partial charge in [0, 0.05) is 17.5 Å². The van der Waals surface area contributed by atoms with Gasteiger partial charge < -0.3 is 4.74 Å². The Bertz CT molecular complexity index is 554. The number of nitrogens with zero attached hydrogens (tertiary/aromatic N) is 1. The molecule has 0 aliphatic heterocycles. The van der Waals surface area contributed by atoms with E-state index in [0.717, 1.165) is 16.6 Å². The van der Waals surface area contributed by atoms with Gasteiger partial charge in [0.15, 0.2) is 0 Å². The summed E-state index contributed by atoms with van der Waals surface area (Å²) in [5, 5.41) is 1.63. The van der Waals surface area contributed by atoms with Crippen molar-refractivity contribution in [2.75, 3.05) is 7.11 Å². The van der Waals surface area contributed by atoms with Crippen LogP contribution < -0.4 is 0 Å². The van der Waals surface area contributed by atoms with Gasteiger partial charge >= 0.3 is 5.97 Å². The number of esters is 1. The third kappa shape index (κ3) is 2.74. The van der Waals surface area contributed by atoms with E-state index < -0.39 is 0 Å². The summed E-state index contributed by atoms with van der Waals surface area (Å²) in [6, 6.07) is 9.52. The molecule has 2 aromatic rings. The number of carbonyl (C=O) groups excluding carboxylic acids is 1. The van der Waals surface area contributed by atoms with Crippen LogP contribution >= 0.6 is 11.6 Å². The topological polar surface area (TPSA) is 39.2 Å². The Kier molecular flexibility index (Phi) is 3.59. The summed E-state index contributed by atoms with van der Waals surface area (Å²) in [6.07, 6.45) is 0.896. The van der Waals surface area contributed by atoms with Crippen LogP contribution in [0, 0.1) is 0 Å². The zero-order valence-electron chi connectivity index (χ0n) is 9.44. The van der Waals surface area contributed by atoms with Gasteiger partial charge in [-0.1, -0.05) is 29.8 Å². The normalized spacial score (nSPS) is 10.5. The summed E-state index contributed by atoms with van der Waals surface area (Å²) >= 11 is 6.06. The molecule has 0 saturated carbocycles. The number of para-hydroxylation sites is 1. The Morgan fingerprint density at radius 3 is 2.94 bits per heavy atom. The van der Waals surface area contributed by atoms with Gasteiger partial charge in [-0.25, -0.2) is 0 Å². The average Bonchev–Trinajstić information content (AvgIpc) is 2.36. The van der Waals surface area contributed by atoms with Crippen molar-refractivity contribution in [1.29, 1.82) is 0 Å². The summed E-state index contributed by atoms with van der Waals surface area (Å²) < 4.78 is 4.59. The predicted molar refractivity (Wildman–Crippen MR) is 67.1 cm³/mol. The van der Waals surface area contributed by atoms with E-state index in [2.05, 4.69) is 9.72 Å². The Morgan fingerprint density at radius 1 is 1.35 bits per heavy atom. The number of aromatic nitrogens is 1. The van der Waals surface area contributed by atoms with Gasteiger partial charge in [-0.3, -0.25) is 9.78 Å². The number of aryl methyl sites for hydroxylation is 1. The summed E-state index contributed by atoms with van der Waals surface area (Å²) in [5.74, 6) is -0.231. The highest BCUT2D eigenvalue weighted by Gasteiger charge is 2.05. The van der Waals surface area contributed by atoms with E-state index >= 15 is 0 Å². The predicted octanol–water partition coefficient (Wildman–Crippen LogP) is 2.99. The lowest BCUT2D eigenvalue weighted by Crippen LogP contribution is -2.03. The number of ether oxygens (including phenoxy) is 1. The fraction of sp³-hybridized carbons (Fsp3) is 0.231. The first-order valence-corrected chi connectivity index (χ1v) is 5.69. The standard InChI is InChI=1S/C13H12ClNO2/c1-17-12(16)8-7-10-6-5-9-3-2-4-11(14)13(9)15-10/h2-6H,7-8H2,1H3. The molecule has 0 bridgehead atoms. The maximum Gasteiger partial charge on any atom is 0.305 e. The zero-order valence-corrected chi connectivity index (χ0v) is 10.2. The molecule has 2 rings (SSSR count). The Morgan fingerprint density at radius 2 is 2.18 bits per heavy atom. The molecule has 0 N–H and O–H groups in total. The van der Waals surface area contributed by atoms with Crippen LogP contribution in [0.5, 0.6) is 0 Å². The quantitative estimate of drug-likeness (QED) is 0.785. The number of hydrogen-bond acceptors (Lipinski definition) is 3. The fourth-order valence-corrected chi connectivity index (χ4v) is 1.85.